The largest absolute Gasteiger partial charge is 0.351 e. The Morgan fingerprint density at radius 1 is 1.50 bits per heavy atom. The van der Waals surface area contributed by atoms with E-state index in [-0.39, 0.29) is 17.0 Å². The molecule has 0 saturated heterocycles. The second-order valence-electron chi connectivity index (χ2n) is 4.66. The number of allylic oxidation sites excluding steroid dienone is 1. The Morgan fingerprint density at radius 2 is 2.23 bits per heavy atom. The van der Waals surface area contributed by atoms with E-state index < -0.39 is 0 Å². The van der Waals surface area contributed by atoms with Crippen molar-refractivity contribution in [2.75, 3.05) is 0 Å². The van der Waals surface area contributed by atoms with E-state index in [1.807, 2.05) is 4.57 Å². The van der Waals surface area contributed by atoms with Gasteiger partial charge in [-0.25, -0.2) is 4.39 Å². The molecule has 1 amide bonds. The summed E-state index contributed by atoms with van der Waals surface area (Å²) in [6.07, 6.45) is 3.35. The van der Waals surface area contributed by atoms with Gasteiger partial charge in [0.25, 0.3) is 0 Å². The van der Waals surface area contributed by atoms with E-state index in [9.17, 15) is 9.18 Å². The third-order valence-corrected chi connectivity index (χ3v) is 4.03. The summed E-state index contributed by atoms with van der Waals surface area (Å²) in [5.74, 6) is -0.400. The summed E-state index contributed by atoms with van der Waals surface area (Å²) in [4.78, 5) is 12.1. The number of rotatable bonds is 7. The molecule has 0 aliphatic carbocycles. The molecule has 2 aromatic rings. The zero-order chi connectivity index (χ0) is 15.9. The first kappa shape index (κ1) is 16.2. The molecular weight excluding hydrogens is 303 g/mol. The molecule has 2 rings (SSSR count). The van der Waals surface area contributed by atoms with Crippen molar-refractivity contribution in [3.63, 3.8) is 0 Å². The van der Waals surface area contributed by atoms with Crippen LogP contribution in [0.5, 0.6) is 0 Å². The molecule has 7 heteroatoms. The number of amides is 1. The maximum absolute atomic E-state index is 12.8. The number of carbonyl (C=O) groups excluding carboxylic acids is 1. The van der Waals surface area contributed by atoms with E-state index in [0.29, 0.717) is 18.2 Å². The number of thioether (sulfide) groups is 1. The number of hydrogen-bond acceptors (Lipinski definition) is 4. The summed E-state index contributed by atoms with van der Waals surface area (Å²) < 4.78 is 14.6. The molecule has 0 spiro atoms. The molecule has 1 atom stereocenters. The molecule has 1 aromatic carbocycles. The number of hydrogen-bond donors (Lipinski definition) is 1. The Labute approximate surface area is 132 Å². The van der Waals surface area contributed by atoms with Crippen molar-refractivity contribution in [1.82, 2.24) is 20.1 Å². The minimum atomic E-state index is -0.312. The number of nitrogens with one attached hydrogen (secondary N) is 1. The fraction of sp³-hybridized carbons (Fsp3) is 0.267. The van der Waals surface area contributed by atoms with Crippen LogP contribution in [0.2, 0.25) is 0 Å². The molecule has 22 heavy (non-hydrogen) atoms. The lowest BCUT2D eigenvalue weighted by molar-refractivity contribution is -0.120. The van der Waals surface area contributed by atoms with E-state index >= 15 is 0 Å². The molecule has 0 fully saturated rings. The van der Waals surface area contributed by atoms with Crippen LogP contribution in [0.15, 0.2) is 48.4 Å². The number of halogens is 1. The SMILES string of the molecule is C=CCn1cnnc1SC(C)C(=O)NCc1ccc(F)cc1. The molecule has 1 N–H and O–H groups in total. The minimum Gasteiger partial charge on any atom is -0.351 e. The quantitative estimate of drug-likeness (QED) is 0.629. The van der Waals surface area contributed by atoms with E-state index in [1.54, 1.807) is 31.5 Å². The Balaban J connectivity index is 1.87. The van der Waals surface area contributed by atoms with Crippen molar-refractivity contribution >= 4 is 17.7 Å². The zero-order valence-electron chi connectivity index (χ0n) is 12.2. The van der Waals surface area contributed by atoms with E-state index in [1.165, 1.54) is 23.9 Å². The molecule has 1 unspecified atom stereocenters. The van der Waals surface area contributed by atoms with Crippen LogP contribution in [0.3, 0.4) is 0 Å². The monoisotopic (exact) mass is 320 g/mol. The van der Waals surface area contributed by atoms with Crippen LogP contribution >= 0.6 is 11.8 Å². The van der Waals surface area contributed by atoms with Crippen molar-refractivity contribution in [3.05, 3.63) is 54.6 Å². The average Bonchev–Trinajstić information content (AvgIpc) is 2.94. The standard InChI is InChI=1S/C15H17FN4OS/c1-3-8-20-10-18-19-15(20)22-11(2)14(21)17-9-12-4-6-13(16)7-5-12/h3-7,10-11H,1,8-9H2,2H3,(H,17,21). The third-order valence-electron chi connectivity index (χ3n) is 2.94. The van der Waals surface area contributed by atoms with Crippen molar-refractivity contribution in [2.45, 2.75) is 30.4 Å². The molecule has 0 saturated carbocycles. The molecule has 116 valence electrons. The van der Waals surface area contributed by atoms with Crippen molar-refractivity contribution in [1.29, 1.82) is 0 Å². The average molecular weight is 320 g/mol. The summed E-state index contributed by atoms with van der Waals surface area (Å²) in [7, 11) is 0. The molecule has 5 nitrogen and oxygen atoms in total. The van der Waals surface area contributed by atoms with Crippen molar-refractivity contribution in [2.24, 2.45) is 0 Å². The summed E-state index contributed by atoms with van der Waals surface area (Å²) in [6.45, 7) is 6.43. The summed E-state index contributed by atoms with van der Waals surface area (Å²) in [5, 5.41) is 11.0. The van der Waals surface area contributed by atoms with Crippen LogP contribution in [-0.4, -0.2) is 25.9 Å². The summed E-state index contributed by atoms with van der Waals surface area (Å²) in [5.41, 5.74) is 0.849. The van der Waals surface area contributed by atoms with Crippen molar-refractivity contribution in [3.8, 4) is 0 Å². The lowest BCUT2D eigenvalue weighted by Crippen LogP contribution is -2.30. The number of benzene rings is 1. The maximum Gasteiger partial charge on any atom is 0.233 e. The smallest absolute Gasteiger partial charge is 0.233 e. The number of carbonyl (C=O) groups is 1. The predicted octanol–water partition coefficient (Wildman–Crippen LogP) is 2.40. The third kappa shape index (κ3) is 4.42. The molecule has 1 heterocycles. The highest BCUT2D eigenvalue weighted by atomic mass is 32.2. The maximum atomic E-state index is 12.8. The topological polar surface area (TPSA) is 59.8 Å². The Kier molecular flexibility index (Phi) is 5.71. The first-order chi connectivity index (χ1) is 10.6. The molecule has 0 radical (unpaired) electrons. The lowest BCUT2D eigenvalue weighted by atomic mass is 10.2. The van der Waals surface area contributed by atoms with Gasteiger partial charge < -0.3 is 9.88 Å². The minimum absolute atomic E-state index is 0.109. The second-order valence-corrected chi connectivity index (χ2v) is 5.97. The molecule has 1 aromatic heterocycles. The Bertz CT molecular complexity index is 641. The van der Waals surface area contributed by atoms with Gasteiger partial charge in [-0.05, 0) is 24.6 Å². The lowest BCUT2D eigenvalue weighted by Gasteiger charge is -2.12. The van der Waals surface area contributed by atoms with Gasteiger partial charge in [0, 0.05) is 13.1 Å². The van der Waals surface area contributed by atoms with Gasteiger partial charge in [-0.2, -0.15) is 0 Å². The predicted molar refractivity (Wildman–Crippen MR) is 83.8 cm³/mol. The van der Waals surface area contributed by atoms with Gasteiger partial charge in [0.05, 0.1) is 5.25 Å². The Hall–Kier alpha value is -2.15. The van der Waals surface area contributed by atoms with Gasteiger partial charge in [-0.15, -0.1) is 16.8 Å². The highest BCUT2D eigenvalue weighted by Gasteiger charge is 2.17. The highest BCUT2D eigenvalue weighted by molar-refractivity contribution is 8.00. The fourth-order valence-corrected chi connectivity index (χ4v) is 2.60. The van der Waals surface area contributed by atoms with Gasteiger partial charge in [-0.1, -0.05) is 30.0 Å². The first-order valence-electron chi connectivity index (χ1n) is 6.77. The fourth-order valence-electron chi connectivity index (χ4n) is 1.75. The molecular formula is C15H17FN4OS. The molecule has 0 aliphatic rings. The molecule has 0 aliphatic heterocycles. The van der Waals surface area contributed by atoms with E-state index in [0.717, 1.165) is 5.56 Å². The van der Waals surface area contributed by atoms with Crippen LogP contribution in [0.25, 0.3) is 0 Å². The highest BCUT2D eigenvalue weighted by Crippen LogP contribution is 2.21. The van der Waals surface area contributed by atoms with Crippen LogP contribution < -0.4 is 5.32 Å². The Morgan fingerprint density at radius 3 is 2.91 bits per heavy atom. The van der Waals surface area contributed by atoms with Gasteiger partial charge in [-0.3, -0.25) is 4.79 Å². The first-order valence-corrected chi connectivity index (χ1v) is 7.65. The van der Waals surface area contributed by atoms with Crippen LogP contribution in [-0.2, 0) is 17.9 Å². The zero-order valence-corrected chi connectivity index (χ0v) is 13.0. The van der Waals surface area contributed by atoms with Gasteiger partial charge in [0.15, 0.2) is 5.16 Å². The van der Waals surface area contributed by atoms with Crippen LogP contribution in [0, 0.1) is 5.82 Å². The summed E-state index contributed by atoms with van der Waals surface area (Å²) in [6, 6.07) is 6.04. The van der Waals surface area contributed by atoms with Gasteiger partial charge in [0.2, 0.25) is 5.91 Å². The second kappa shape index (κ2) is 7.74. The normalized spacial score (nSPS) is 11.9. The van der Waals surface area contributed by atoms with Gasteiger partial charge in [0.1, 0.15) is 12.1 Å². The van der Waals surface area contributed by atoms with Crippen LogP contribution in [0.4, 0.5) is 4.39 Å². The van der Waals surface area contributed by atoms with Gasteiger partial charge >= 0.3 is 0 Å². The number of aromatic nitrogens is 3. The number of nitrogens with zero attached hydrogens (tertiary/aromatic N) is 3. The summed E-state index contributed by atoms with van der Waals surface area (Å²) >= 11 is 1.33. The molecule has 0 bridgehead atoms. The van der Waals surface area contributed by atoms with E-state index in [2.05, 4.69) is 22.1 Å². The van der Waals surface area contributed by atoms with E-state index in [4.69, 9.17) is 0 Å². The van der Waals surface area contributed by atoms with Crippen LogP contribution in [0.1, 0.15) is 12.5 Å². The van der Waals surface area contributed by atoms with Crippen molar-refractivity contribution < 1.29 is 9.18 Å².